The lowest BCUT2D eigenvalue weighted by Crippen LogP contribution is -2.24. The van der Waals surface area contributed by atoms with Gasteiger partial charge in [0.15, 0.2) is 0 Å². The van der Waals surface area contributed by atoms with Gasteiger partial charge >= 0.3 is 0 Å². The normalized spacial score (nSPS) is 11.8. The molecule has 0 aliphatic heterocycles. The summed E-state index contributed by atoms with van der Waals surface area (Å²) in [6, 6.07) is 0. The monoisotopic (exact) mass is 142 g/mol. The van der Waals surface area contributed by atoms with Gasteiger partial charge < -0.3 is 4.90 Å². The third-order valence-electron chi connectivity index (χ3n) is 1.72. The molecule has 0 rings (SSSR count). The molecule has 0 N–H and O–H groups in total. The summed E-state index contributed by atoms with van der Waals surface area (Å²) in [5, 5.41) is 0. The number of amidine groups is 1. The maximum absolute atomic E-state index is 4.08. The van der Waals surface area contributed by atoms with E-state index in [1.54, 1.807) is 0 Å². The number of aliphatic imine (C=N–C) groups is 1. The molecule has 0 radical (unpaired) electrons. The topological polar surface area (TPSA) is 15.6 Å². The highest BCUT2D eigenvalue weighted by Gasteiger charge is 1.96. The van der Waals surface area contributed by atoms with Crippen molar-refractivity contribution in [2.75, 3.05) is 20.6 Å². The molecule has 60 valence electrons. The van der Waals surface area contributed by atoms with Crippen molar-refractivity contribution in [1.29, 1.82) is 0 Å². The lowest BCUT2D eigenvalue weighted by atomic mass is 10.3. The third-order valence-corrected chi connectivity index (χ3v) is 1.72. The highest BCUT2D eigenvalue weighted by Crippen LogP contribution is 1.92. The Kier molecular flexibility index (Phi) is 4.99. The van der Waals surface area contributed by atoms with Crippen molar-refractivity contribution < 1.29 is 0 Å². The molecule has 10 heavy (non-hydrogen) atoms. The molecule has 2 heteroatoms. The molecule has 0 saturated carbocycles. The van der Waals surface area contributed by atoms with Crippen LogP contribution in [-0.2, 0) is 0 Å². The summed E-state index contributed by atoms with van der Waals surface area (Å²) in [4.78, 5) is 6.27. The summed E-state index contributed by atoms with van der Waals surface area (Å²) in [6.07, 6.45) is 2.50. The van der Waals surface area contributed by atoms with Gasteiger partial charge in [-0.3, -0.25) is 4.99 Å². The van der Waals surface area contributed by atoms with Crippen LogP contribution in [0.2, 0.25) is 0 Å². The van der Waals surface area contributed by atoms with E-state index in [-0.39, 0.29) is 0 Å². The summed E-state index contributed by atoms with van der Waals surface area (Å²) < 4.78 is 0. The summed E-state index contributed by atoms with van der Waals surface area (Å²) in [5.74, 6) is 1.12. The Morgan fingerprint density at radius 2 is 2.10 bits per heavy atom. The van der Waals surface area contributed by atoms with Gasteiger partial charge in [0.2, 0.25) is 0 Å². The molecule has 0 aromatic rings. The molecule has 0 unspecified atom stereocenters. The fourth-order valence-electron chi connectivity index (χ4n) is 0.728. The molecule has 0 aliphatic rings. The predicted octanol–water partition coefficient (Wildman–Crippen LogP) is 1.77. The number of unbranched alkanes of at least 4 members (excludes halogenated alkanes) is 1. The van der Waals surface area contributed by atoms with Gasteiger partial charge in [-0.2, -0.15) is 0 Å². The largest absolute Gasteiger partial charge is 0.364 e. The predicted molar refractivity (Wildman–Crippen MR) is 46.6 cm³/mol. The van der Waals surface area contributed by atoms with Crippen LogP contribution >= 0.6 is 0 Å². The minimum Gasteiger partial charge on any atom is -0.364 e. The van der Waals surface area contributed by atoms with Crippen LogP contribution in [0.4, 0.5) is 0 Å². The minimum atomic E-state index is 1.12. The molecule has 0 spiro atoms. The van der Waals surface area contributed by atoms with E-state index in [9.17, 15) is 0 Å². The quantitative estimate of drug-likeness (QED) is 0.433. The van der Waals surface area contributed by atoms with Crippen molar-refractivity contribution in [2.45, 2.75) is 26.7 Å². The third kappa shape index (κ3) is 3.49. The Morgan fingerprint density at radius 3 is 2.50 bits per heavy atom. The molecule has 0 aromatic heterocycles. The van der Waals surface area contributed by atoms with Crippen molar-refractivity contribution in [2.24, 2.45) is 4.99 Å². The standard InChI is InChI=1S/C8H18N2/c1-5-6-7-10(4)8(2)9-3/h5-7H2,1-4H3. The van der Waals surface area contributed by atoms with Crippen LogP contribution in [0.1, 0.15) is 26.7 Å². The lowest BCUT2D eigenvalue weighted by molar-refractivity contribution is 0.481. The number of hydrogen-bond donors (Lipinski definition) is 0. The minimum absolute atomic E-state index is 1.12. The molecule has 2 nitrogen and oxygen atoms in total. The highest BCUT2D eigenvalue weighted by atomic mass is 15.1. The zero-order valence-electron chi connectivity index (χ0n) is 7.52. The van der Waals surface area contributed by atoms with Crippen LogP contribution in [0, 0.1) is 0 Å². The number of rotatable bonds is 3. The zero-order valence-corrected chi connectivity index (χ0v) is 7.52. The van der Waals surface area contributed by atoms with Gasteiger partial charge in [-0.05, 0) is 13.3 Å². The summed E-state index contributed by atoms with van der Waals surface area (Å²) >= 11 is 0. The van der Waals surface area contributed by atoms with Crippen LogP contribution < -0.4 is 0 Å². The van der Waals surface area contributed by atoms with Gasteiger partial charge in [0.1, 0.15) is 0 Å². The summed E-state index contributed by atoms with van der Waals surface area (Å²) in [7, 11) is 3.91. The molecule has 0 fully saturated rings. The Bertz CT molecular complexity index is 108. The second-order valence-electron chi connectivity index (χ2n) is 2.55. The van der Waals surface area contributed by atoms with Crippen LogP contribution in [0.3, 0.4) is 0 Å². The van der Waals surface area contributed by atoms with E-state index < -0.39 is 0 Å². The van der Waals surface area contributed by atoms with Gasteiger partial charge in [-0.25, -0.2) is 0 Å². The molecule has 0 bridgehead atoms. The van der Waals surface area contributed by atoms with Crippen molar-refractivity contribution in [3.8, 4) is 0 Å². The molecule has 0 amide bonds. The maximum Gasteiger partial charge on any atom is 0.0951 e. The maximum atomic E-state index is 4.08. The first-order valence-corrected chi connectivity index (χ1v) is 3.86. The van der Waals surface area contributed by atoms with Crippen molar-refractivity contribution >= 4 is 5.84 Å². The molecule has 0 saturated heterocycles. The summed E-state index contributed by atoms with van der Waals surface area (Å²) in [5.41, 5.74) is 0. The first-order chi connectivity index (χ1) is 4.72. The van der Waals surface area contributed by atoms with Crippen LogP contribution in [0.25, 0.3) is 0 Å². The Labute approximate surface area is 63.9 Å². The lowest BCUT2D eigenvalue weighted by Gasteiger charge is -2.17. The fourth-order valence-corrected chi connectivity index (χ4v) is 0.728. The molecular formula is C8H18N2. The second kappa shape index (κ2) is 5.27. The van der Waals surface area contributed by atoms with Crippen molar-refractivity contribution in [3.05, 3.63) is 0 Å². The van der Waals surface area contributed by atoms with Crippen LogP contribution in [-0.4, -0.2) is 31.4 Å². The molecule has 0 atom stereocenters. The van der Waals surface area contributed by atoms with E-state index in [1.807, 2.05) is 14.0 Å². The number of nitrogens with zero attached hydrogens (tertiary/aromatic N) is 2. The van der Waals surface area contributed by atoms with Gasteiger partial charge in [0, 0.05) is 20.6 Å². The van der Waals surface area contributed by atoms with E-state index in [0.29, 0.717) is 0 Å². The van der Waals surface area contributed by atoms with E-state index in [2.05, 4.69) is 23.9 Å². The highest BCUT2D eigenvalue weighted by molar-refractivity contribution is 5.79. The molecule has 0 aromatic carbocycles. The van der Waals surface area contributed by atoms with Crippen LogP contribution in [0.5, 0.6) is 0 Å². The average molecular weight is 142 g/mol. The van der Waals surface area contributed by atoms with E-state index in [1.165, 1.54) is 12.8 Å². The van der Waals surface area contributed by atoms with Crippen LogP contribution in [0.15, 0.2) is 4.99 Å². The van der Waals surface area contributed by atoms with E-state index in [4.69, 9.17) is 0 Å². The van der Waals surface area contributed by atoms with E-state index in [0.717, 1.165) is 12.4 Å². The van der Waals surface area contributed by atoms with Crippen molar-refractivity contribution in [3.63, 3.8) is 0 Å². The Hall–Kier alpha value is -0.530. The number of hydrogen-bond acceptors (Lipinski definition) is 1. The van der Waals surface area contributed by atoms with Gasteiger partial charge in [0.05, 0.1) is 5.84 Å². The first kappa shape index (κ1) is 9.47. The average Bonchev–Trinajstić information content (AvgIpc) is 1.98. The SMILES string of the molecule is CCCCN(C)C(C)=NC. The smallest absolute Gasteiger partial charge is 0.0951 e. The first-order valence-electron chi connectivity index (χ1n) is 3.86. The van der Waals surface area contributed by atoms with Crippen molar-refractivity contribution in [1.82, 2.24) is 4.90 Å². The molecule has 0 aliphatic carbocycles. The zero-order chi connectivity index (χ0) is 7.98. The Balaban J connectivity index is 3.51. The van der Waals surface area contributed by atoms with E-state index >= 15 is 0 Å². The fraction of sp³-hybridized carbons (Fsp3) is 0.875. The van der Waals surface area contributed by atoms with Gasteiger partial charge in [0.25, 0.3) is 0 Å². The summed E-state index contributed by atoms with van der Waals surface area (Å²) in [6.45, 7) is 5.36. The molecule has 0 heterocycles. The van der Waals surface area contributed by atoms with Gasteiger partial charge in [-0.15, -0.1) is 0 Å². The van der Waals surface area contributed by atoms with Gasteiger partial charge in [-0.1, -0.05) is 13.3 Å². The second-order valence-corrected chi connectivity index (χ2v) is 2.55. The molecular weight excluding hydrogens is 124 g/mol. The Morgan fingerprint density at radius 1 is 1.50 bits per heavy atom.